The average molecular weight is 613 g/mol. The molecule has 0 radical (unpaired) electrons. The predicted molar refractivity (Wildman–Crippen MR) is 154 cm³/mol. The van der Waals surface area contributed by atoms with Crippen molar-refractivity contribution in [2.45, 2.75) is 24.9 Å². The lowest BCUT2D eigenvalue weighted by atomic mass is 10.0. The van der Waals surface area contributed by atoms with Crippen LogP contribution in [0.5, 0.6) is 11.5 Å². The minimum atomic E-state index is -1.74. The zero-order chi connectivity index (χ0) is 30.6. The Balaban J connectivity index is 1.55. The number of carbonyl (C=O) groups excluding carboxylic acids is 4. The number of carboxylic acids is 2. The number of carbonyl (C=O) groups is 6. The predicted octanol–water partition coefficient (Wildman–Crippen LogP) is 4.16. The molecule has 4 amide bonds. The van der Waals surface area contributed by atoms with E-state index in [0.29, 0.717) is 55.9 Å². The number of carboxylic acid groups (broad SMARTS) is 2. The van der Waals surface area contributed by atoms with Gasteiger partial charge in [-0.25, -0.2) is 9.59 Å². The van der Waals surface area contributed by atoms with Crippen LogP contribution in [0.4, 0.5) is 9.59 Å². The molecule has 2 aromatic rings. The summed E-state index contributed by atoms with van der Waals surface area (Å²) in [6, 6.07) is 9.94. The zero-order valence-corrected chi connectivity index (χ0v) is 23.8. The number of amides is 4. The highest BCUT2D eigenvalue weighted by molar-refractivity contribution is 8.18. The molecular formula is C28H24N2O10S2. The van der Waals surface area contributed by atoms with Crippen LogP contribution >= 0.6 is 23.5 Å². The third-order valence-corrected chi connectivity index (χ3v) is 8.17. The van der Waals surface area contributed by atoms with Crippen LogP contribution in [0.3, 0.4) is 0 Å². The second kappa shape index (κ2) is 13.0. The number of benzene rings is 2. The first kappa shape index (κ1) is 30.4. The van der Waals surface area contributed by atoms with E-state index in [2.05, 4.69) is 0 Å². The van der Waals surface area contributed by atoms with Gasteiger partial charge in [-0.1, -0.05) is 36.4 Å². The molecule has 14 heteroatoms. The second-order valence-electron chi connectivity index (χ2n) is 8.87. The Morgan fingerprint density at radius 2 is 1.07 bits per heavy atom. The molecule has 12 nitrogen and oxygen atoms in total. The monoisotopic (exact) mass is 612 g/mol. The molecule has 2 heterocycles. The summed E-state index contributed by atoms with van der Waals surface area (Å²) in [7, 11) is 2.87. The molecule has 0 aliphatic carbocycles. The van der Waals surface area contributed by atoms with Crippen LogP contribution in [0.2, 0.25) is 0 Å². The average Bonchev–Trinajstić information content (AvgIpc) is 3.39. The van der Waals surface area contributed by atoms with E-state index in [1.807, 2.05) is 0 Å². The van der Waals surface area contributed by atoms with Crippen molar-refractivity contribution in [3.63, 3.8) is 0 Å². The van der Waals surface area contributed by atoms with Gasteiger partial charge in [-0.15, -0.1) is 0 Å². The first-order chi connectivity index (χ1) is 20.1. The lowest BCUT2D eigenvalue weighted by Gasteiger charge is -2.25. The van der Waals surface area contributed by atoms with Crippen LogP contribution in [-0.4, -0.2) is 80.5 Å². The number of ether oxygens (including phenoxy) is 2. The molecule has 0 bridgehead atoms. The zero-order valence-electron chi connectivity index (χ0n) is 22.2. The molecule has 2 N–H and O–H groups in total. The van der Waals surface area contributed by atoms with Gasteiger partial charge in [0.15, 0.2) is 0 Å². The number of hydrogen-bond donors (Lipinski definition) is 2. The van der Waals surface area contributed by atoms with Crippen molar-refractivity contribution in [3.8, 4) is 11.5 Å². The topological polar surface area (TPSA) is 168 Å². The van der Waals surface area contributed by atoms with E-state index in [4.69, 9.17) is 9.47 Å². The number of thioether (sulfide) groups is 2. The summed E-state index contributed by atoms with van der Waals surface area (Å²) in [5.41, 5.74) is 0.979. The van der Waals surface area contributed by atoms with E-state index in [0.717, 1.165) is 0 Å². The van der Waals surface area contributed by atoms with E-state index < -0.39 is 59.2 Å². The summed E-state index contributed by atoms with van der Waals surface area (Å²) in [6.07, 6.45) is 1.74. The van der Waals surface area contributed by atoms with Crippen LogP contribution in [0.25, 0.3) is 12.2 Å². The van der Waals surface area contributed by atoms with Gasteiger partial charge in [0.1, 0.15) is 23.6 Å². The third kappa shape index (κ3) is 6.19. The van der Waals surface area contributed by atoms with Gasteiger partial charge >= 0.3 is 11.9 Å². The number of hydrogen-bond acceptors (Lipinski definition) is 10. The van der Waals surface area contributed by atoms with Crippen LogP contribution in [-0.2, 0) is 19.2 Å². The molecule has 4 rings (SSSR count). The maximum atomic E-state index is 13.1. The van der Waals surface area contributed by atoms with Crippen molar-refractivity contribution >= 4 is 69.9 Å². The molecule has 218 valence electrons. The number of imide groups is 2. The van der Waals surface area contributed by atoms with Gasteiger partial charge in [0.05, 0.1) is 24.0 Å². The minimum absolute atomic E-state index is 0.0436. The van der Waals surface area contributed by atoms with E-state index in [9.17, 15) is 39.0 Å². The SMILES string of the molecule is COc1ccccc1/C=C1\SC(=O)N([C@H](CC[C@@H](C(=O)O)N2C(=O)S/C(=C\c3ccccc3OC)C2=O)C(=O)O)C1=O. The van der Waals surface area contributed by atoms with E-state index in [1.165, 1.54) is 26.4 Å². The van der Waals surface area contributed by atoms with Crippen molar-refractivity contribution in [3.05, 3.63) is 69.5 Å². The normalized spacial score (nSPS) is 18.6. The summed E-state index contributed by atoms with van der Waals surface area (Å²) < 4.78 is 10.5. The fraction of sp³-hybridized carbons (Fsp3) is 0.214. The first-order valence-corrected chi connectivity index (χ1v) is 14.0. The molecule has 0 aromatic heterocycles. The Labute approximate surface area is 247 Å². The standard InChI is InChI=1S/C28H24N2O10S2/c1-39-19-9-5-3-7-15(19)13-21-23(31)29(27(37)41-21)17(25(33)34)11-12-18(26(35)36)30-24(32)22(42-28(30)38)14-16-8-4-6-10-20(16)40-2/h3-10,13-14,17-18H,11-12H2,1-2H3,(H,33,34)(H,35,36)/b21-13-,22-14-/t17-,18+. The summed E-state index contributed by atoms with van der Waals surface area (Å²) in [4.78, 5) is 77.2. The maximum Gasteiger partial charge on any atom is 0.326 e. The highest BCUT2D eigenvalue weighted by Gasteiger charge is 2.46. The van der Waals surface area contributed by atoms with Crippen molar-refractivity contribution < 1.29 is 48.5 Å². The molecule has 42 heavy (non-hydrogen) atoms. The van der Waals surface area contributed by atoms with E-state index >= 15 is 0 Å². The Bertz CT molecular complexity index is 1420. The van der Waals surface area contributed by atoms with Crippen molar-refractivity contribution in [2.24, 2.45) is 0 Å². The Morgan fingerprint density at radius 3 is 1.40 bits per heavy atom. The molecule has 0 spiro atoms. The molecule has 0 saturated carbocycles. The molecule has 2 aliphatic heterocycles. The van der Waals surface area contributed by atoms with E-state index in [-0.39, 0.29) is 9.81 Å². The molecular weight excluding hydrogens is 588 g/mol. The minimum Gasteiger partial charge on any atom is -0.496 e. The summed E-state index contributed by atoms with van der Waals surface area (Å²) >= 11 is 1.07. The molecule has 2 fully saturated rings. The fourth-order valence-electron chi connectivity index (χ4n) is 4.39. The van der Waals surface area contributed by atoms with Gasteiger partial charge in [0.25, 0.3) is 22.3 Å². The molecule has 2 atom stereocenters. The molecule has 0 unspecified atom stereocenters. The largest absolute Gasteiger partial charge is 0.496 e. The second-order valence-corrected chi connectivity index (χ2v) is 10.9. The summed E-state index contributed by atoms with van der Waals surface area (Å²) in [5, 5.41) is 18.1. The quantitative estimate of drug-likeness (QED) is 0.348. The molecule has 2 saturated heterocycles. The number of para-hydroxylation sites is 2. The fourth-order valence-corrected chi connectivity index (χ4v) is 6.13. The van der Waals surface area contributed by atoms with Gasteiger partial charge in [0.2, 0.25) is 0 Å². The number of aliphatic carboxylic acids is 2. The van der Waals surface area contributed by atoms with Crippen molar-refractivity contribution in [1.82, 2.24) is 9.80 Å². The van der Waals surface area contributed by atoms with Gasteiger partial charge < -0.3 is 19.7 Å². The van der Waals surface area contributed by atoms with Crippen LogP contribution < -0.4 is 9.47 Å². The van der Waals surface area contributed by atoms with Gasteiger partial charge in [0, 0.05) is 11.1 Å². The van der Waals surface area contributed by atoms with Crippen LogP contribution in [0, 0.1) is 0 Å². The molecule has 2 aromatic carbocycles. The number of rotatable bonds is 11. The Kier molecular flexibility index (Phi) is 9.38. The Morgan fingerprint density at radius 1 is 0.714 bits per heavy atom. The van der Waals surface area contributed by atoms with Crippen LogP contribution in [0.15, 0.2) is 58.3 Å². The number of nitrogens with zero attached hydrogens (tertiary/aromatic N) is 2. The smallest absolute Gasteiger partial charge is 0.326 e. The maximum absolute atomic E-state index is 13.1. The van der Waals surface area contributed by atoms with Gasteiger partial charge in [-0.05, 0) is 60.7 Å². The first-order valence-electron chi connectivity index (χ1n) is 12.3. The summed E-state index contributed by atoms with van der Waals surface area (Å²) in [6.45, 7) is 0. The third-order valence-electron chi connectivity index (χ3n) is 6.41. The van der Waals surface area contributed by atoms with Gasteiger partial charge in [-0.3, -0.25) is 29.0 Å². The lowest BCUT2D eigenvalue weighted by molar-refractivity contribution is -0.148. The highest BCUT2D eigenvalue weighted by atomic mass is 32.2. The number of methoxy groups -OCH3 is 2. The van der Waals surface area contributed by atoms with Gasteiger partial charge in [-0.2, -0.15) is 0 Å². The summed E-state index contributed by atoms with van der Waals surface area (Å²) in [5.74, 6) is -3.99. The Hall–Kier alpha value is -4.56. The van der Waals surface area contributed by atoms with Crippen molar-refractivity contribution in [1.29, 1.82) is 0 Å². The molecule has 2 aliphatic rings. The van der Waals surface area contributed by atoms with Crippen LogP contribution in [0.1, 0.15) is 24.0 Å². The highest BCUT2D eigenvalue weighted by Crippen LogP contribution is 2.38. The lowest BCUT2D eigenvalue weighted by Crippen LogP contribution is -2.47. The van der Waals surface area contributed by atoms with E-state index in [1.54, 1.807) is 48.5 Å². The van der Waals surface area contributed by atoms with Crippen molar-refractivity contribution in [2.75, 3.05) is 14.2 Å².